The molecule has 0 saturated heterocycles. The smallest absolute Gasteiger partial charge is 0.270 e. The summed E-state index contributed by atoms with van der Waals surface area (Å²) in [5.74, 6) is 0.901. The average Bonchev–Trinajstić information content (AvgIpc) is 2.48. The van der Waals surface area contributed by atoms with Crippen LogP contribution in [0.5, 0.6) is 0 Å². The van der Waals surface area contributed by atoms with Crippen molar-refractivity contribution >= 4 is 17.4 Å². The van der Waals surface area contributed by atoms with Crippen LogP contribution in [0.3, 0.4) is 0 Å². The summed E-state index contributed by atoms with van der Waals surface area (Å²) in [6.45, 7) is 9.80. The van der Waals surface area contributed by atoms with Crippen molar-refractivity contribution in [1.29, 1.82) is 0 Å². The SMILES string of the molecule is C=CCNC(=O)c1cc(Nc2cc(C)ccc2C)nc(C)n1. The summed E-state index contributed by atoms with van der Waals surface area (Å²) < 4.78 is 0. The zero-order valence-corrected chi connectivity index (χ0v) is 13.1. The van der Waals surface area contributed by atoms with Gasteiger partial charge in [0, 0.05) is 18.3 Å². The lowest BCUT2D eigenvalue weighted by molar-refractivity contribution is 0.0952. The number of carbonyl (C=O) groups is 1. The molecule has 0 spiro atoms. The minimum absolute atomic E-state index is 0.241. The first-order valence-electron chi connectivity index (χ1n) is 7.08. The lowest BCUT2D eigenvalue weighted by Gasteiger charge is -2.11. The predicted molar refractivity (Wildman–Crippen MR) is 88.5 cm³/mol. The molecule has 0 aliphatic carbocycles. The fraction of sp³-hybridized carbons (Fsp3) is 0.235. The minimum Gasteiger partial charge on any atom is -0.347 e. The molecule has 0 aliphatic heterocycles. The normalized spacial score (nSPS) is 10.1. The fourth-order valence-electron chi connectivity index (χ4n) is 2.01. The highest BCUT2D eigenvalue weighted by Gasteiger charge is 2.10. The maximum Gasteiger partial charge on any atom is 0.270 e. The maximum absolute atomic E-state index is 12.0. The van der Waals surface area contributed by atoms with E-state index in [2.05, 4.69) is 33.2 Å². The van der Waals surface area contributed by atoms with Crippen LogP contribution in [0.25, 0.3) is 0 Å². The number of anilines is 2. The average molecular weight is 296 g/mol. The molecule has 5 nitrogen and oxygen atoms in total. The molecule has 1 aromatic heterocycles. The standard InChI is InChI=1S/C17H20N4O/c1-5-8-18-17(22)15-10-16(20-13(4)19-15)21-14-9-11(2)6-7-12(14)3/h5-7,9-10H,1,8H2,2-4H3,(H,18,22)(H,19,20,21). The van der Waals surface area contributed by atoms with Crippen LogP contribution in [0.15, 0.2) is 36.9 Å². The third-order valence-electron chi connectivity index (χ3n) is 3.13. The Morgan fingerprint density at radius 2 is 2.00 bits per heavy atom. The molecule has 1 aromatic carbocycles. The van der Waals surface area contributed by atoms with Crippen molar-refractivity contribution in [2.45, 2.75) is 20.8 Å². The summed E-state index contributed by atoms with van der Waals surface area (Å²) in [6, 6.07) is 7.79. The van der Waals surface area contributed by atoms with Gasteiger partial charge in [0.25, 0.3) is 5.91 Å². The molecule has 2 N–H and O–H groups in total. The van der Waals surface area contributed by atoms with Crippen LogP contribution >= 0.6 is 0 Å². The largest absolute Gasteiger partial charge is 0.347 e. The molecule has 114 valence electrons. The zero-order valence-electron chi connectivity index (χ0n) is 13.1. The van der Waals surface area contributed by atoms with E-state index >= 15 is 0 Å². The van der Waals surface area contributed by atoms with Crippen LogP contribution in [0.4, 0.5) is 11.5 Å². The van der Waals surface area contributed by atoms with E-state index in [0.29, 0.717) is 23.9 Å². The summed E-state index contributed by atoms with van der Waals surface area (Å²) in [4.78, 5) is 20.5. The highest BCUT2D eigenvalue weighted by molar-refractivity contribution is 5.93. The Morgan fingerprint density at radius 3 is 2.73 bits per heavy atom. The lowest BCUT2D eigenvalue weighted by Crippen LogP contribution is -2.24. The summed E-state index contributed by atoms with van der Waals surface area (Å²) in [5.41, 5.74) is 3.57. The van der Waals surface area contributed by atoms with Gasteiger partial charge in [0.2, 0.25) is 0 Å². The Labute approximate surface area is 130 Å². The number of hydrogen-bond acceptors (Lipinski definition) is 4. The van der Waals surface area contributed by atoms with Gasteiger partial charge in [-0.05, 0) is 38.0 Å². The van der Waals surface area contributed by atoms with Gasteiger partial charge in [0.15, 0.2) is 0 Å². The van der Waals surface area contributed by atoms with Crippen LogP contribution in [-0.4, -0.2) is 22.4 Å². The Morgan fingerprint density at radius 1 is 1.23 bits per heavy atom. The van der Waals surface area contributed by atoms with E-state index in [-0.39, 0.29) is 5.91 Å². The van der Waals surface area contributed by atoms with Gasteiger partial charge >= 0.3 is 0 Å². The number of carbonyl (C=O) groups excluding carboxylic acids is 1. The Kier molecular flexibility index (Phi) is 4.88. The number of nitrogens with one attached hydrogen (secondary N) is 2. The van der Waals surface area contributed by atoms with Gasteiger partial charge in [-0.3, -0.25) is 4.79 Å². The fourth-order valence-corrected chi connectivity index (χ4v) is 2.01. The lowest BCUT2D eigenvalue weighted by atomic mass is 10.1. The zero-order chi connectivity index (χ0) is 16.1. The summed E-state index contributed by atoms with van der Waals surface area (Å²) in [5, 5.41) is 5.97. The van der Waals surface area contributed by atoms with E-state index in [0.717, 1.165) is 16.8 Å². The van der Waals surface area contributed by atoms with Crippen molar-refractivity contribution in [1.82, 2.24) is 15.3 Å². The quantitative estimate of drug-likeness (QED) is 0.832. The van der Waals surface area contributed by atoms with Crippen molar-refractivity contribution in [3.63, 3.8) is 0 Å². The van der Waals surface area contributed by atoms with Crippen LogP contribution in [0.1, 0.15) is 27.4 Å². The second-order valence-electron chi connectivity index (χ2n) is 5.13. The minimum atomic E-state index is -0.241. The second-order valence-corrected chi connectivity index (χ2v) is 5.13. The first kappa shape index (κ1) is 15.7. The molecule has 0 unspecified atom stereocenters. The van der Waals surface area contributed by atoms with Crippen molar-refractivity contribution < 1.29 is 4.79 Å². The first-order chi connectivity index (χ1) is 10.5. The van der Waals surface area contributed by atoms with Crippen molar-refractivity contribution in [2.24, 2.45) is 0 Å². The summed E-state index contributed by atoms with van der Waals surface area (Å²) in [6.07, 6.45) is 1.63. The van der Waals surface area contributed by atoms with Gasteiger partial charge in [-0.25, -0.2) is 9.97 Å². The highest BCUT2D eigenvalue weighted by atomic mass is 16.1. The van der Waals surface area contributed by atoms with Crippen LogP contribution in [0, 0.1) is 20.8 Å². The Bertz CT molecular complexity index is 710. The van der Waals surface area contributed by atoms with E-state index in [9.17, 15) is 4.79 Å². The molecule has 0 fully saturated rings. The van der Waals surface area contributed by atoms with E-state index in [1.165, 1.54) is 0 Å². The first-order valence-corrected chi connectivity index (χ1v) is 7.08. The summed E-state index contributed by atoms with van der Waals surface area (Å²) in [7, 11) is 0. The molecule has 1 amide bonds. The van der Waals surface area contributed by atoms with Crippen LogP contribution in [0.2, 0.25) is 0 Å². The van der Waals surface area contributed by atoms with Gasteiger partial charge < -0.3 is 10.6 Å². The highest BCUT2D eigenvalue weighted by Crippen LogP contribution is 2.21. The van der Waals surface area contributed by atoms with Crippen molar-refractivity contribution in [3.8, 4) is 0 Å². The molecule has 2 aromatic rings. The molecular weight excluding hydrogens is 276 g/mol. The summed E-state index contributed by atoms with van der Waals surface area (Å²) >= 11 is 0. The van der Waals surface area contributed by atoms with Crippen molar-refractivity contribution in [2.75, 3.05) is 11.9 Å². The Balaban J connectivity index is 2.28. The Hall–Kier alpha value is -2.69. The van der Waals surface area contributed by atoms with E-state index < -0.39 is 0 Å². The third-order valence-corrected chi connectivity index (χ3v) is 3.13. The van der Waals surface area contributed by atoms with Crippen LogP contribution in [-0.2, 0) is 0 Å². The second kappa shape index (κ2) is 6.85. The molecule has 5 heteroatoms. The third kappa shape index (κ3) is 3.91. The molecule has 0 atom stereocenters. The van der Waals surface area contributed by atoms with E-state index in [1.807, 2.05) is 26.0 Å². The van der Waals surface area contributed by atoms with Gasteiger partial charge in [-0.2, -0.15) is 0 Å². The monoisotopic (exact) mass is 296 g/mol. The number of rotatable bonds is 5. The van der Waals surface area contributed by atoms with Gasteiger partial charge in [-0.1, -0.05) is 18.2 Å². The molecule has 0 saturated carbocycles. The number of nitrogens with zero attached hydrogens (tertiary/aromatic N) is 2. The number of amides is 1. The maximum atomic E-state index is 12.0. The van der Waals surface area contributed by atoms with Gasteiger partial charge in [0.1, 0.15) is 17.3 Å². The molecule has 0 bridgehead atoms. The number of aromatic nitrogens is 2. The van der Waals surface area contributed by atoms with E-state index in [4.69, 9.17) is 0 Å². The molecule has 2 rings (SSSR count). The van der Waals surface area contributed by atoms with E-state index in [1.54, 1.807) is 19.1 Å². The topological polar surface area (TPSA) is 66.9 Å². The molecule has 1 heterocycles. The van der Waals surface area contributed by atoms with Crippen molar-refractivity contribution in [3.05, 3.63) is 59.6 Å². The molecule has 0 aliphatic rings. The number of hydrogen-bond donors (Lipinski definition) is 2. The molecular formula is C17H20N4O. The predicted octanol–water partition coefficient (Wildman–Crippen LogP) is 3.06. The van der Waals surface area contributed by atoms with Gasteiger partial charge in [0.05, 0.1) is 0 Å². The number of aryl methyl sites for hydroxylation is 3. The van der Waals surface area contributed by atoms with Gasteiger partial charge in [-0.15, -0.1) is 6.58 Å². The number of benzene rings is 1. The molecule has 0 radical (unpaired) electrons. The van der Waals surface area contributed by atoms with Crippen LogP contribution < -0.4 is 10.6 Å². The molecule has 22 heavy (non-hydrogen) atoms.